The summed E-state index contributed by atoms with van der Waals surface area (Å²) in [7, 11) is 0. The third-order valence-electron chi connectivity index (χ3n) is 2.00. The van der Waals surface area contributed by atoms with E-state index in [0.717, 1.165) is 11.1 Å². The molecule has 0 fully saturated rings. The summed E-state index contributed by atoms with van der Waals surface area (Å²) >= 11 is 11.2. The maximum Gasteiger partial charge on any atom is 0.249 e. The molecule has 0 radical (unpaired) electrons. The maximum atomic E-state index is 5.61. The first-order valence-electron chi connectivity index (χ1n) is 4.36. The molecule has 1 aromatic heterocycles. The molecule has 0 aliphatic heterocycles. The molecule has 1 aromatic carbocycles. The summed E-state index contributed by atoms with van der Waals surface area (Å²) < 4.78 is 5.33. The number of nitrogens with zero attached hydrogens (tertiary/aromatic N) is 2. The number of benzene rings is 1. The molecular weight excluding hydrogens is 235 g/mol. The third-order valence-corrected chi connectivity index (χ3v) is 2.38. The summed E-state index contributed by atoms with van der Waals surface area (Å²) in [5.41, 5.74) is 1.96. The van der Waals surface area contributed by atoms with E-state index in [2.05, 4.69) is 10.2 Å². The maximum absolute atomic E-state index is 5.61. The zero-order chi connectivity index (χ0) is 10.8. The molecule has 2 aromatic rings. The number of aryl methyl sites for hydroxylation is 1. The normalized spacial score (nSPS) is 10.9. The van der Waals surface area contributed by atoms with Crippen LogP contribution in [0.2, 0.25) is 0 Å². The molecule has 0 atom stereocenters. The minimum atomic E-state index is -0.782. The van der Waals surface area contributed by atoms with E-state index in [1.54, 1.807) is 0 Å². The van der Waals surface area contributed by atoms with Crippen LogP contribution in [0.1, 0.15) is 16.3 Å². The standard InChI is InChI=1S/C10H8Cl2N2O/c1-6-4-2-3-5-7(6)9-13-14-10(15-9)8(11)12/h2-5,8H,1H3. The Morgan fingerprint density at radius 3 is 2.53 bits per heavy atom. The van der Waals surface area contributed by atoms with Gasteiger partial charge < -0.3 is 4.42 Å². The molecule has 0 aliphatic rings. The smallest absolute Gasteiger partial charge is 0.249 e. The van der Waals surface area contributed by atoms with E-state index in [1.165, 1.54) is 0 Å². The van der Waals surface area contributed by atoms with Gasteiger partial charge in [-0.3, -0.25) is 0 Å². The fourth-order valence-corrected chi connectivity index (χ4v) is 1.42. The van der Waals surface area contributed by atoms with Crippen LogP contribution in [0.3, 0.4) is 0 Å². The number of rotatable bonds is 2. The van der Waals surface area contributed by atoms with Crippen molar-refractivity contribution in [2.75, 3.05) is 0 Å². The average Bonchev–Trinajstić information content (AvgIpc) is 2.67. The minimum Gasteiger partial charge on any atom is -0.418 e. The van der Waals surface area contributed by atoms with Crippen molar-refractivity contribution in [1.82, 2.24) is 10.2 Å². The lowest BCUT2D eigenvalue weighted by Gasteiger charge is -1.98. The highest BCUT2D eigenvalue weighted by molar-refractivity contribution is 6.43. The molecule has 0 bridgehead atoms. The van der Waals surface area contributed by atoms with Crippen LogP contribution in [0.25, 0.3) is 11.5 Å². The highest BCUT2D eigenvalue weighted by Gasteiger charge is 2.14. The van der Waals surface area contributed by atoms with Crippen LogP contribution in [0, 0.1) is 6.92 Å². The van der Waals surface area contributed by atoms with Crippen LogP contribution in [0.15, 0.2) is 28.7 Å². The molecule has 15 heavy (non-hydrogen) atoms. The molecule has 0 aliphatic carbocycles. The minimum absolute atomic E-state index is 0.219. The Morgan fingerprint density at radius 2 is 1.93 bits per heavy atom. The molecule has 78 valence electrons. The predicted octanol–water partition coefficient (Wildman–Crippen LogP) is 3.52. The summed E-state index contributed by atoms with van der Waals surface area (Å²) in [4.78, 5) is -0.782. The summed E-state index contributed by atoms with van der Waals surface area (Å²) in [6.45, 7) is 1.97. The van der Waals surface area contributed by atoms with Gasteiger partial charge >= 0.3 is 0 Å². The molecule has 5 heteroatoms. The van der Waals surface area contributed by atoms with E-state index in [9.17, 15) is 0 Å². The van der Waals surface area contributed by atoms with Crippen molar-refractivity contribution in [2.24, 2.45) is 0 Å². The lowest BCUT2D eigenvalue weighted by molar-refractivity contribution is 0.523. The van der Waals surface area contributed by atoms with Crippen LogP contribution in [-0.2, 0) is 0 Å². The third kappa shape index (κ3) is 2.13. The molecule has 0 unspecified atom stereocenters. The summed E-state index contributed by atoms with van der Waals surface area (Å²) in [6.07, 6.45) is 0. The average molecular weight is 243 g/mol. The van der Waals surface area contributed by atoms with Crippen molar-refractivity contribution < 1.29 is 4.42 Å². The fourth-order valence-electron chi connectivity index (χ4n) is 1.24. The van der Waals surface area contributed by atoms with E-state index in [4.69, 9.17) is 27.6 Å². The van der Waals surface area contributed by atoms with Gasteiger partial charge in [0, 0.05) is 5.56 Å². The molecule has 0 N–H and O–H groups in total. The van der Waals surface area contributed by atoms with Gasteiger partial charge in [-0.2, -0.15) is 0 Å². The molecule has 3 nitrogen and oxygen atoms in total. The monoisotopic (exact) mass is 242 g/mol. The molecule has 1 heterocycles. The Morgan fingerprint density at radius 1 is 1.20 bits per heavy atom. The van der Waals surface area contributed by atoms with Crippen molar-refractivity contribution in [3.8, 4) is 11.5 Å². The highest BCUT2D eigenvalue weighted by atomic mass is 35.5. The van der Waals surface area contributed by atoms with Gasteiger partial charge in [0.25, 0.3) is 0 Å². The first kappa shape index (κ1) is 10.5. The summed E-state index contributed by atoms with van der Waals surface area (Å²) in [5.74, 6) is 0.658. The van der Waals surface area contributed by atoms with E-state index in [-0.39, 0.29) is 5.89 Å². The van der Waals surface area contributed by atoms with Crippen LogP contribution >= 0.6 is 23.2 Å². The van der Waals surface area contributed by atoms with E-state index >= 15 is 0 Å². The van der Waals surface area contributed by atoms with Gasteiger partial charge in [0.15, 0.2) is 4.84 Å². The first-order chi connectivity index (χ1) is 7.18. The number of hydrogen-bond acceptors (Lipinski definition) is 3. The lowest BCUT2D eigenvalue weighted by atomic mass is 10.1. The lowest BCUT2D eigenvalue weighted by Crippen LogP contribution is -1.81. The molecule has 0 saturated carbocycles. The van der Waals surface area contributed by atoms with Gasteiger partial charge in [-0.15, -0.1) is 10.2 Å². The Bertz CT molecular complexity index is 468. The number of alkyl halides is 2. The van der Waals surface area contributed by atoms with Gasteiger partial charge in [-0.05, 0) is 18.6 Å². The predicted molar refractivity (Wildman–Crippen MR) is 58.9 cm³/mol. The Labute approximate surface area is 97.0 Å². The molecule has 2 rings (SSSR count). The zero-order valence-corrected chi connectivity index (χ0v) is 9.46. The van der Waals surface area contributed by atoms with Crippen molar-refractivity contribution in [3.05, 3.63) is 35.7 Å². The van der Waals surface area contributed by atoms with Crippen molar-refractivity contribution in [2.45, 2.75) is 11.8 Å². The Hall–Kier alpha value is -1.06. The quantitative estimate of drug-likeness (QED) is 0.757. The largest absolute Gasteiger partial charge is 0.418 e. The zero-order valence-electron chi connectivity index (χ0n) is 7.95. The van der Waals surface area contributed by atoms with Gasteiger partial charge in [0.1, 0.15) is 0 Å². The topological polar surface area (TPSA) is 38.9 Å². The van der Waals surface area contributed by atoms with Crippen molar-refractivity contribution in [3.63, 3.8) is 0 Å². The Balaban J connectivity index is 2.42. The highest BCUT2D eigenvalue weighted by Crippen LogP contribution is 2.27. The van der Waals surface area contributed by atoms with E-state index in [1.807, 2.05) is 31.2 Å². The number of aromatic nitrogens is 2. The van der Waals surface area contributed by atoms with Crippen LogP contribution in [0.5, 0.6) is 0 Å². The number of hydrogen-bond donors (Lipinski definition) is 0. The van der Waals surface area contributed by atoms with E-state index in [0.29, 0.717) is 5.89 Å². The fraction of sp³-hybridized carbons (Fsp3) is 0.200. The van der Waals surface area contributed by atoms with Gasteiger partial charge in [0.2, 0.25) is 11.8 Å². The Kier molecular flexibility index (Phi) is 2.93. The van der Waals surface area contributed by atoms with Crippen molar-refractivity contribution >= 4 is 23.2 Å². The molecular formula is C10H8Cl2N2O. The van der Waals surface area contributed by atoms with Gasteiger partial charge in [-0.25, -0.2) is 0 Å². The molecule has 0 amide bonds. The second-order valence-corrected chi connectivity index (χ2v) is 4.16. The van der Waals surface area contributed by atoms with Gasteiger partial charge in [-0.1, -0.05) is 41.4 Å². The molecule has 0 spiro atoms. The second-order valence-electron chi connectivity index (χ2n) is 3.06. The summed E-state index contributed by atoms with van der Waals surface area (Å²) in [5, 5.41) is 7.64. The molecule has 0 saturated heterocycles. The number of halogens is 2. The SMILES string of the molecule is Cc1ccccc1-c1nnc(C(Cl)Cl)o1. The van der Waals surface area contributed by atoms with Crippen LogP contribution in [0.4, 0.5) is 0 Å². The van der Waals surface area contributed by atoms with Gasteiger partial charge in [0.05, 0.1) is 0 Å². The summed E-state index contributed by atoms with van der Waals surface area (Å²) in [6, 6.07) is 7.73. The first-order valence-corrected chi connectivity index (χ1v) is 5.23. The van der Waals surface area contributed by atoms with Crippen LogP contribution < -0.4 is 0 Å². The van der Waals surface area contributed by atoms with E-state index < -0.39 is 4.84 Å². The second kappa shape index (κ2) is 4.21. The van der Waals surface area contributed by atoms with Crippen molar-refractivity contribution in [1.29, 1.82) is 0 Å². The van der Waals surface area contributed by atoms with Crippen LogP contribution in [-0.4, -0.2) is 10.2 Å².